The molecule has 0 heterocycles. The van der Waals surface area contributed by atoms with E-state index in [1.54, 1.807) is 24.3 Å². The quantitative estimate of drug-likeness (QED) is 0.239. The molecule has 0 saturated heterocycles. The van der Waals surface area contributed by atoms with Crippen LogP contribution < -0.4 is 4.74 Å². The Morgan fingerprint density at radius 2 is 1.45 bits per heavy atom. The third-order valence-electron chi connectivity index (χ3n) is 8.78. The highest BCUT2D eigenvalue weighted by Gasteiger charge is 2.39. The highest BCUT2D eigenvalue weighted by molar-refractivity contribution is 6.30. The zero-order chi connectivity index (χ0) is 21.6. The van der Waals surface area contributed by atoms with Crippen LogP contribution in [0.1, 0.15) is 96.8 Å². The molecule has 31 heavy (non-hydrogen) atoms. The van der Waals surface area contributed by atoms with Gasteiger partial charge in [-0.15, -0.1) is 0 Å². The predicted octanol–water partition coefficient (Wildman–Crippen LogP) is 8.46. The fourth-order valence-corrected chi connectivity index (χ4v) is 7.05. The lowest BCUT2D eigenvalue weighted by Gasteiger charge is -2.45. The largest absolute Gasteiger partial charge is 0.426 e. The highest BCUT2D eigenvalue weighted by atomic mass is 35.5. The summed E-state index contributed by atoms with van der Waals surface area (Å²) in [5.41, 5.74) is 0. The first-order valence-electron chi connectivity index (χ1n) is 13.1. The topological polar surface area (TPSA) is 26.3 Å². The minimum Gasteiger partial charge on any atom is -0.426 e. The first-order valence-corrected chi connectivity index (χ1v) is 13.5. The number of unbranched alkanes of at least 4 members (excludes halogenated alkanes) is 2. The number of ether oxygens (including phenoxy) is 1. The van der Waals surface area contributed by atoms with Crippen LogP contribution in [-0.2, 0) is 4.79 Å². The summed E-state index contributed by atoms with van der Waals surface area (Å²) in [6.45, 7) is 2.31. The van der Waals surface area contributed by atoms with Crippen LogP contribution in [0.25, 0.3) is 0 Å². The molecule has 3 fully saturated rings. The Labute approximate surface area is 194 Å². The van der Waals surface area contributed by atoms with E-state index in [0.29, 0.717) is 10.8 Å². The van der Waals surface area contributed by atoms with Gasteiger partial charge in [0.2, 0.25) is 0 Å². The Kier molecular flexibility index (Phi) is 8.37. The second kappa shape index (κ2) is 11.2. The van der Waals surface area contributed by atoms with Crippen molar-refractivity contribution in [2.45, 2.75) is 96.8 Å². The van der Waals surface area contributed by atoms with Crippen molar-refractivity contribution in [2.75, 3.05) is 0 Å². The number of benzene rings is 1. The number of rotatable bonds is 7. The lowest BCUT2D eigenvalue weighted by molar-refractivity contribution is -0.140. The fraction of sp³-hybridized carbons (Fsp3) is 0.750. The Hall–Kier alpha value is -1.02. The van der Waals surface area contributed by atoms with Crippen molar-refractivity contribution in [2.24, 2.45) is 35.5 Å². The highest BCUT2D eigenvalue weighted by Crippen LogP contribution is 2.49. The minimum atomic E-state index is -0.0501. The zero-order valence-electron chi connectivity index (χ0n) is 19.4. The fourth-order valence-electron chi connectivity index (χ4n) is 6.92. The molecule has 3 aliphatic rings. The molecular weight excluding hydrogens is 404 g/mol. The monoisotopic (exact) mass is 444 g/mol. The van der Waals surface area contributed by atoms with E-state index >= 15 is 0 Å². The van der Waals surface area contributed by atoms with Crippen molar-refractivity contribution in [1.29, 1.82) is 0 Å². The number of esters is 1. The van der Waals surface area contributed by atoms with E-state index in [1.165, 1.54) is 77.0 Å². The van der Waals surface area contributed by atoms with Crippen LogP contribution in [0.2, 0.25) is 5.02 Å². The van der Waals surface area contributed by atoms with Crippen LogP contribution in [0.15, 0.2) is 24.3 Å². The standard InChI is InChI=1S/C28H41ClO2/c1-2-3-4-5-20-6-7-25-19-24(13-12-23(25)18-20)21-8-10-22(11-9-21)28(30)31-27-16-14-26(29)15-17-27/h14-17,20-25H,2-13,18-19H2,1H3. The molecule has 0 N–H and O–H groups in total. The lowest BCUT2D eigenvalue weighted by atomic mass is 9.60. The van der Waals surface area contributed by atoms with Gasteiger partial charge < -0.3 is 4.74 Å². The van der Waals surface area contributed by atoms with Gasteiger partial charge in [0.1, 0.15) is 5.75 Å². The van der Waals surface area contributed by atoms with Gasteiger partial charge in [-0.25, -0.2) is 0 Å². The molecule has 4 unspecified atom stereocenters. The molecular formula is C28H41ClO2. The van der Waals surface area contributed by atoms with E-state index in [0.717, 1.165) is 42.4 Å². The van der Waals surface area contributed by atoms with Crippen molar-refractivity contribution >= 4 is 17.6 Å². The molecule has 1 aromatic rings. The molecule has 0 radical (unpaired) electrons. The Balaban J connectivity index is 1.19. The summed E-state index contributed by atoms with van der Waals surface area (Å²) in [5, 5.41) is 0.667. The van der Waals surface area contributed by atoms with Crippen LogP contribution in [-0.4, -0.2) is 5.97 Å². The van der Waals surface area contributed by atoms with E-state index in [4.69, 9.17) is 16.3 Å². The molecule has 1 aromatic carbocycles. The molecule has 0 aliphatic heterocycles. The molecule has 3 heteroatoms. The van der Waals surface area contributed by atoms with Crippen LogP contribution in [0.4, 0.5) is 0 Å². The molecule has 0 amide bonds. The van der Waals surface area contributed by atoms with E-state index in [9.17, 15) is 4.79 Å². The third-order valence-corrected chi connectivity index (χ3v) is 9.03. The first kappa shape index (κ1) is 23.1. The Morgan fingerprint density at radius 3 is 2.16 bits per heavy atom. The molecule has 0 bridgehead atoms. The van der Waals surface area contributed by atoms with Gasteiger partial charge in [-0.2, -0.15) is 0 Å². The molecule has 172 valence electrons. The Bertz CT molecular complexity index is 691. The van der Waals surface area contributed by atoms with Crippen molar-refractivity contribution in [3.63, 3.8) is 0 Å². The first-order chi connectivity index (χ1) is 15.1. The van der Waals surface area contributed by atoms with Gasteiger partial charge in [0, 0.05) is 5.02 Å². The molecule has 3 aliphatic carbocycles. The molecule has 2 nitrogen and oxygen atoms in total. The lowest BCUT2D eigenvalue weighted by Crippen LogP contribution is -2.35. The van der Waals surface area contributed by atoms with Gasteiger partial charge in [-0.3, -0.25) is 4.79 Å². The summed E-state index contributed by atoms with van der Waals surface area (Å²) in [7, 11) is 0. The van der Waals surface area contributed by atoms with Crippen molar-refractivity contribution in [3.8, 4) is 5.75 Å². The molecule has 4 rings (SSSR count). The van der Waals surface area contributed by atoms with Gasteiger partial charge >= 0.3 is 5.97 Å². The second-order valence-electron chi connectivity index (χ2n) is 10.8. The molecule has 3 saturated carbocycles. The third kappa shape index (κ3) is 6.28. The smallest absolute Gasteiger partial charge is 0.314 e. The average molecular weight is 445 g/mol. The summed E-state index contributed by atoms with van der Waals surface area (Å²) in [6, 6.07) is 7.11. The van der Waals surface area contributed by atoms with Crippen LogP contribution in [0.5, 0.6) is 5.75 Å². The van der Waals surface area contributed by atoms with Gasteiger partial charge in [0.05, 0.1) is 5.92 Å². The summed E-state index contributed by atoms with van der Waals surface area (Å²) in [6.07, 6.45) is 19.0. The van der Waals surface area contributed by atoms with E-state index in [1.807, 2.05) is 0 Å². The van der Waals surface area contributed by atoms with Gasteiger partial charge in [0.15, 0.2) is 0 Å². The summed E-state index contributed by atoms with van der Waals surface area (Å²) >= 11 is 5.92. The predicted molar refractivity (Wildman–Crippen MR) is 128 cm³/mol. The van der Waals surface area contributed by atoms with E-state index in [-0.39, 0.29) is 11.9 Å². The molecule has 4 atom stereocenters. The van der Waals surface area contributed by atoms with Crippen molar-refractivity contribution < 1.29 is 9.53 Å². The Morgan fingerprint density at radius 1 is 0.839 bits per heavy atom. The summed E-state index contributed by atoms with van der Waals surface area (Å²) < 4.78 is 5.61. The second-order valence-corrected chi connectivity index (χ2v) is 11.2. The van der Waals surface area contributed by atoms with Crippen LogP contribution >= 0.6 is 11.6 Å². The van der Waals surface area contributed by atoms with E-state index in [2.05, 4.69) is 6.92 Å². The van der Waals surface area contributed by atoms with E-state index < -0.39 is 0 Å². The maximum atomic E-state index is 12.6. The number of carbonyl (C=O) groups is 1. The number of fused-ring (bicyclic) bond motifs is 1. The summed E-state index contributed by atoms with van der Waals surface area (Å²) in [4.78, 5) is 12.6. The maximum Gasteiger partial charge on any atom is 0.314 e. The number of halogens is 1. The normalized spacial score (nSPS) is 33.5. The molecule has 0 aromatic heterocycles. The average Bonchev–Trinajstić information content (AvgIpc) is 2.80. The van der Waals surface area contributed by atoms with Crippen LogP contribution in [0.3, 0.4) is 0 Å². The van der Waals surface area contributed by atoms with Gasteiger partial charge in [-0.05, 0) is 112 Å². The number of hydrogen-bond donors (Lipinski definition) is 0. The number of hydrogen-bond acceptors (Lipinski definition) is 2. The van der Waals surface area contributed by atoms with Crippen LogP contribution in [0, 0.1) is 35.5 Å². The van der Waals surface area contributed by atoms with Gasteiger partial charge in [0.25, 0.3) is 0 Å². The zero-order valence-corrected chi connectivity index (χ0v) is 20.1. The summed E-state index contributed by atoms with van der Waals surface area (Å²) in [5.74, 6) is 5.41. The SMILES string of the molecule is CCCCCC1CCC2CC(C3CCC(C(=O)Oc4ccc(Cl)cc4)CC3)CCC2C1. The molecule has 0 spiro atoms. The maximum absolute atomic E-state index is 12.6. The van der Waals surface area contributed by atoms with Crippen molar-refractivity contribution in [3.05, 3.63) is 29.3 Å². The van der Waals surface area contributed by atoms with Gasteiger partial charge in [-0.1, -0.05) is 50.6 Å². The number of carbonyl (C=O) groups excluding carboxylic acids is 1. The van der Waals surface area contributed by atoms with Crippen molar-refractivity contribution in [1.82, 2.24) is 0 Å². The minimum absolute atomic E-state index is 0.0501.